The molecule has 6 heteroatoms. The molecule has 4 nitrogen and oxygen atoms in total. The summed E-state index contributed by atoms with van der Waals surface area (Å²) in [5.74, 6) is 6.79. The van der Waals surface area contributed by atoms with Gasteiger partial charge in [0.2, 0.25) is 0 Å². The molecule has 0 radical (unpaired) electrons. The van der Waals surface area contributed by atoms with E-state index in [0.717, 1.165) is 22.6 Å². The molecule has 2 heterocycles. The Balaban J connectivity index is 2.55. The van der Waals surface area contributed by atoms with Crippen LogP contribution in [0.1, 0.15) is 18.2 Å². The summed E-state index contributed by atoms with van der Waals surface area (Å²) in [6.45, 7) is 4.01. The number of thiophene rings is 1. The average molecular weight is 269 g/mol. The van der Waals surface area contributed by atoms with E-state index >= 15 is 0 Å². The van der Waals surface area contributed by atoms with Crippen LogP contribution in [-0.2, 0) is 6.42 Å². The molecule has 0 aliphatic carbocycles. The van der Waals surface area contributed by atoms with E-state index in [1.165, 1.54) is 11.3 Å². The molecule has 0 bridgehead atoms. The molecule has 17 heavy (non-hydrogen) atoms. The van der Waals surface area contributed by atoms with Gasteiger partial charge in [-0.25, -0.2) is 15.8 Å². The molecule has 0 unspecified atom stereocenters. The number of hydrogen-bond acceptors (Lipinski definition) is 5. The second-order valence-corrected chi connectivity index (χ2v) is 4.94. The number of nitrogens with zero attached hydrogens (tertiary/aromatic N) is 2. The Labute approximate surface area is 109 Å². The van der Waals surface area contributed by atoms with Crippen molar-refractivity contribution in [2.24, 2.45) is 5.84 Å². The quantitative estimate of drug-likeness (QED) is 0.663. The molecule has 2 rings (SSSR count). The molecule has 0 aliphatic rings. The van der Waals surface area contributed by atoms with Gasteiger partial charge in [-0.15, -0.1) is 11.3 Å². The molecular formula is C11H13ClN4S. The van der Waals surface area contributed by atoms with E-state index < -0.39 is 0 Å². The summed E-state index contributed by atoms with van der Waals surface area (Å²) >= 11 is 7.42. The van der Waals surface area contributed by atoms with Gasteiger partial charge < -0.3 is 5.43 Å². The first-order valence-electron chi connectivity index (χ1n) is 5.24. The van der Waals surface area contributed by atoms with Crippen LogP contribution in [0.15, 0.2) is 11.4 Å². The highest BCUT2D eigenvalue weighted by molar-refractivity contribution is 7.14. The minimum Gasteiger partial charge on any atom is -0.308 e. The molecule has 0 saturated carbocycles. The van der Waals surface area contributed by atoms with Gasteiger partial charge in [0, 0.05) is 16.6 Å². The van der Waals surface area contributed by atoms with E-state index in [4.69, 9.17) is 17.4 Å². The van der Waals surface area contributed by atoms with Gasteiger partial charge in [-0.1, -0.05) is 18.5 Å². The van der Waals surface area contributed by atoms with Crippen molar-refractivity contribution in [3.63, 3.8) is 0 Å². The van der Waals surface area contributed by atoms with Crippen LogP contribution in [0.25, 0.3) is 10.7 Å². The molecule has 0 spiro atoms. The summed E-state index contributed by atoms with van der Waals surface area (Å²) in [7, 11) is 0. The molecule has 2 aromatic rings. The van der Waals surface area contributed by atoms with E-state index in [9.17, 15) is 0 Å². The third kappa shape index (κ3) is 2.41. The Morgan fingerprint density at radius 3 is 2.76 bits per heavy atom. The maximum Gasteiger partial charge on any atom is 0.171 e. The van der Waals surface area contributed by atoms with Gasteiger partial charge in [-0.2, -0.15) is 0 Å². The summed E-state index contributed by atoms with van der Waals surface area (Å²) in [5.41, 5.74) is 4.59. The predicted octanol–water partition coefficient (Wildman–Crippen LogP) is 3.01. The maximum atomic E-state index is 5.90. The third-order valence-electron chi connectivity index (χ3n) is 2.51. The molecule has 90 valence electrons. The number of hydrazine groups is 1. The van der Waals surface area contributed by atoms with Crippen molar-refractivity contribution >= 4 is 28.8 Å². The van der Waals surface area contributed by atoms with Crippen LogP contribution in [-0.4, -0.2) is 9.97 Å². The maximum absolute atomic E-state index is 5.90. The fourth-order valence-corrected chi connectivity index (χ4v) is 2.60. The summed E-state index contributed by atoms with van der Waals surface area (Å²) in [6.07, 6.45) is 0.842. The van der Waals surface area contributed by atoms with Gasteiger partial charge in [-0.3, -0.25) is 0 Å². The molecule has 2 aromatic heterocycles. The van der Waals surface area contributed by atoms with Gasteiger partial charge in [0.1, 0.15) is 5.82 Å². The van der Waals surface area contributed by atoms with Gasteiger partial charge in [0.25, 0.3) is 0 Å². The Bertz CT molecular complexity index is 513. The SMILES string of the molecule is CCc1nc(-c2cc(Cl)cs2)nc(NN)c1C. The molecule has 0 saturated heterocycles. The van der Waals surface area contributed by atoms with Crippen molar-refractivity contribution in [3.05, 3.63) is 27.7 Å². The highest BCUT2D eigenvalue weighted by atomic mass is 35.5. The number of nitrogens with two attached hydrogens (primary N) is 1. The summed E-state index contributed by atoms with van der Waals surface area (Å²) < 4.78 is 0. The predicted molar refractivity (Wildman–Crippen MR) is 72.3 cm³/mol. The fraction of sp³-hybridized carbons (Fsp3) is 0.273. The summed E-state index contributed by atoms with van der Waals surface area (Å²) in [5, 5.41) is 2.57. The normalized spacial score (nSPS) is 10.6. The number of anilines is 1. The standard InChI is InChI=1S/C11H13ClN4S/c1-3-8-6(2)10(16-13)15-11(14-8)9-4-7(12)5-17-9/h4-5H,3,13H2,1-2H3,(H,14,15,16). The number of hydrogen-bond donors (Lipinski definition) is 2. The first-order valence-corrected chi connectivity index (χ1v) is 6.50. The topological polar surface area (TPSA) is 63.8 Å². The fourth-order valence-electron chi connectivity index (χ4n) is 1.59. The zero-order chi connectivity index (χ0) is 12.4. The largest absolute Gasteiger partial charge is 0.308 e. The van der Waals surface area contributed by atoms with Gasteiger partial charge in [-0.05, 0) is 19.4 Å². The Hall–Kier alpha value is -1.17. The van der Waals surface area contributed by atoms with E-state index in [-0.39, 0.29) is 0 Å². The van der Waals surface area contributed by atoms with Crippen LogP contribution in [0, 0.1) is 6.92 Å². The number of nitrogen functional groups attached to an aromatic ring is 1. The van der Waals surface area contributed by atoms with Crippen molar-refractivity contribution < 1.29 is 0 Å². The molecule has 0 amide bonds. The Kier molecular flexibility index (Phi) is 3.61. The van der Waals surface area contributed by atoms with Gasteiger partial charge in [0.15, 0.2) is 5.82 Å². The van der Waals surface area contributed by atoms with Crippen molar-refractivity contribution in [2.45, 2.75) is 20.3 Å². The molecule has 0 atom stereocenters. The van der Waals surface area contributed by atoms with Crippen molar-refractivity contribution in [2.75, 3.05) is 5.43 Å². The molecule has 0 aliphatic heterocycles. The first-order chi connectivity index (χ1) is 8.15. The first kappa shape index (κ1) is 12.3. The second-order valence-electron chi connectivity index (χ2n) is 3.59. The number of rotatable bonds is 3. The van der Waals surface area contributed by atoms with E-state index in [0.29, 0.717) is 16.7 Å². The highest BCUT2D eigenvalue weighted by Gasteiger charge is 2.11. The van der Waals surface area contributed by atoms with Crippen molar-refractivity contribution in [3.8, 4) is 10.7 Å². The van der Waals surface area contributed by atoms with Crippen molar-refractivity contribution in [1.82, 2.24) is 9.97 Å². The molecule has 3 N–H and O–H groups in total. The number of aryl methyl sites for hydroxylation is 1. The van der Waals surface area contributed by atoms with Crippen LogP contribution < -0.4 is 11.3 Å². The van der Waals surface area contributed by atoms with E-state index in [1.807, 2.05) is 18.4 Å². The van der Waals surface area contributed by atoms with Crippen LogP contribution in [0.2, 0.25) is 5.02 Å². The van der Waals surface area contributed by atoms with Crippen LogP contribution in [0.5, 0.6) is 0 Å². The minimum atomic E-state index is 0.663. The molecule has 0 fully saturated rings. The lowest BCUT2D eigenvalue weighted by atomic mass is 10.2. The Morgan fingerprint density at radius 2 is 2.24 bits per heavy atom. The lowest BCUT2D eigenvalue weighted by Gasteiger charge is -2.09. The van der Waals surface area contributed by atoms with E-state index in [2.05, 4.69) is 22.3 Å². The zero-order valence-electron chi connectivity index (χ0n) is 9.62. The Morgan fingerprint density at radius 1 is 1.47 bits per heavy atom. The summed E-state index contributed by atoms with van der Waals surface area (Å²) in [6, 6.07) is 1.86. The number of halogens is 1. The zero-order valence-corrected chi connectivity index (χ0v) is 11.2. The average Bonchev–Trinajstić information content (AvgIpc) is 2.76. The highest BCUT2D eigenvalue weighted by Crippen LogP contribution is 2.29. The lowest BCUT2D eigenvalue weighted by molar-refractivity contribution is 0.975. The minimum absolute atomic E-state index is 0.663. The number of aromatic nitrogens is 2. The van der Waals surface area contributed by atoms with Crippen LogP contribution >= 0.6 is 22.9 Å². The van der Waals surface area contributed by atoms with Gasteiger partial charge in [0.05, 0.1) is 9.90 Å². The van der Waals surface area contributed by atoms with Crippen LogP contribution in [0.3, 0.4) is 0 Å². The summed E-state index contributed by atoms with van der Waals surface area (Å²) in [4.78, 5) is 9.86. The molecular weight excluding hydrogens is 256 g/mol. The van der Waals surface area contributed by atoms with Gasteiger partial charge >= 0.3 is 0 Å². The monoisotopic (exact) mass is 268 g/mol. The van der Waals surface area contributed by atoms with Crippen molar-refractivity contribution in [1.29, 1.82) is 0 Å². The van der Waals surface area contributed by atoms with Crippen LogP contribution in [0.4, 0.5) is 5.82 Å². The number of nitrogens with one attached hydrogen (secondary N) is 1. The molecule has 0 aromatic carbocycles. The van der Waals surface area contributed by atoms with E-state index in [1.54, 1.807) is 0 Å². The third-order valence-corrected chi connectivity index (χ3v) is 3.78. The second kappa shape index (κ2) is 5.00. The lowest BCUT2D eigenvalue weighted by Crippen LogP contribution is -2.13. The smallest absolute Gasteiger partial charge is 0.171 e.